The number of hydrogen-bond acceptors (Lipinski definition) is 4. The van der Waals surface area contributed by atoms with Crippen LogP contribution in [0, 0.1) is 5.92 Å². The third kappa shape index (κ3) is 4.41. The summed E-state index contributed by atoms with van der Waals surface area (Å²) in [5.74, 6) is 0.141. The molecule has 0 aliphatic carbocycles. The van der Waals surface area contributed by atoms with Crippen LogP contribution in [0.4, 0.5) is 0 Å². The van der Waals surface area contributed by atoms with Crippen LogP contribution >= 0.6 is 0 Å². The summed E-state index contributed by atoms with van der Waals surface area (Å²) in [5, 5.41) is 0. The van der Waals surface area contributed by atoms with Crippen LogP contribution in [0.3, 0.4) is 0 Å². The first-order valence-corrected chi connectivity index (χ1v) is 10.3. The van der Waals surface area contributed by atoms with Gasteiger partial charge in [-0.15, -0.1) is 0 Å². The van der Waals surface area contributed by atoms with E-state index in [1.165, 1.54) is 21.9 Å². The Morgan fingerprint density at radius 2 is 1.85 bits per heavy atom. The van der Waals surface area contributed by atoms with Crippen LogP contribution in [0.1, 0.15) is 33.6 Å². The molecule has 1 aliphatic rings. The Hall–Kier alpha value is -0.180. The molecule has 0 N–H and O–H groups in total. The summed E-state index contributed by atoms with van der Waals surface area (Å²) < 4.78 is 50.2. The number of rotatable bonds is 5. The van der Waals surface area contributed by atoms with E-state index in [4.69, 9.17) is 0 Å². The summed E-state index contributed by atoms with van der Waals surface area (Å²) in [6.45, 7) is 6.10. The fourth-order valence-electron chi connectivity index (χ4n) is 2.65. The molecule has 2 atom stereocenters. The molecule has 1 saturated heterocycles. The van der Waals surface area contributed by atoms with Gasteiger partial charge in [-0.2, -0.15) is 4.31 Å². The molecule has 2 unspecified atom stereocenters. The maximum absolute atomic E-state index is 12.2. The minimum Gasteiger partial charge on any atom is -0.213 e. The van der Waals surface area contributed by atoms with Gasteiger partial charge in [0.1, 0.15) is 0 Å². The second kappa shape index (κ2) is 6.29. The molecule has 20 heavy (non-hydrogen) atoms. The van der Waals surface area contributed by atoms with Gasteiger partial charge in [0.15, 0.2) is 0 Å². The predicted octanol–water partition coefficient (Wildman–Crippen LogP) is 0.717. The van der Waals surface area contributed by atoms with Crippen molar-refractivity contribution in [2.24, 2.45) is 5.92 Å². The highest BCUT2D eigenvalue weighted by Crippen LogP contribution is 2.26. The van der Waals surface area contributed by atoms with Gasteiger partial charge in [0.05, 0.1) is 12.0 Å². The van der Waals surface area contributed by atoms with Gasteiger partial charge in [-0.05, 0) is 39.5 Å². The molecule has 0 aromatic heterocycles. The Balaban J connectivity index is 2.69. The third-order valence-electron chi connectivity index (χ3n) is 3.96. The fourth-order valence-corrected chi connectivity index (χ4v) is 5.50. The molecule has 0 bridgehead atoms. The molecule has 1 fully saturated rings. The summed E-state index contributed by atoms with van der Waals surface area (Å²) in [7, 11) is -4.91. The quantitative estimate of drug-likeness (QED) is 0.746. The summed E-state index contributed by atoms with van der Waals surface area (Å²) in [5.41, 5.74) is 0. The zero-order valence-corrected chi connectivity index (χ0v) is 14.5. The molecule has 0 spiro atoms. The summed E-state index contributed by atoms with van der Waals surface area (Å²) in [6, 6.07) is -0.201. The minimum atomic E-state index is -3.23. The largest absolute Gasteiger partial charge is 0.214 e. The topological polar surface area (TPSA) is 74.8 Å². The van der Waals surface area contributed by atoms with Crippen molar-refractivity contribution in [2.75, 3.05) is 25.6 Å². The lowest BCUT2D eigenvalue weighted by molar-refractivity contribution is 0.264. The van der Waals surface area contributed by atoms with E-state index in [1.807, 2.05) is 20.8 Å². The van der Waals surface area contributed by atoms with E-state index in [-0.39, 0.29) is 23.8 Å². The van der Waals surface area contributed by atoms with Crippen molar-refractivity contribution >= 4 is 20.0 Å². The lowest BCUT2D eigenvalue weighted by atomic mass is 9.99. The van der Waals surface area contributed by atoms with Crippen molar-refractivity contribution in [3.63, 3.8) is 0 Å². The van der Waals surface area contributed by atoms with E-state index >= 15 is 0 Å². The van der Waals surface area contributed by atoms with E-state index in [2.05, 4.69) is 0 Å². The highest BCUT2D eigenvalue weighted by Gasteiger charge is 2.35. The monoisotopic (exact) mass is 326 g/mol. The second-order valence-electron chi connectivity index (χ2n) is 6.00. The molecule has 0 saturated carbocycles. The molecule has 0 aromatic carbocycles. The van der Waals surface area contributed by atoms with Crippen LogP contribution in [0.2, 0.25) is 0 Å². The van der Waals surface area contributed by atoms with Gasteiger partial charge in [-0.25, -0.2) is 21.1 Å². The zero-order chi connectivity index (χ0) is 15.7. The summed E-state index contributed by atoms with van der Waals surface area (Å²) in [4.78, 5) is 0. The highest BCUT2D eigenvalue weighted by molar-refractivity contribution is 7.89. The van der Waals surface area contributed by atoms with Crippen molar-refractivity contribution < 1.29 is 16.8 Å². The highest BCUT2D eigenvalue weighted by atomic mass is 32.2. The average molecular weight is 326 g/mol. The van der Waals surface area contributed by atoms with Gasteiger partial charge < -0.3 is 0 Å². The van der Waals surface area contributed by atoms with E-state index in [1.54, 1.807) is 0 Å². The van der Waals surface area contributed by atoms with Gasteiger partial charge in [0.25, 0.3) is 0 Å². The van der Waals surface area contributed by atoms with Gasteiger partial charge in [0.2, 0.25) is 20.0 Å². The van der Waals surface area contributed by atoms with Crippen LogP contribution in [0.5, 0.6) is 0 Å². The number of nitrogens with zero attached hydrogens (tertiary/aromatic N) is 2. The van der Waals surface area contributed by atoms with E-state index in [0.29, 0.717) is 13.0 Å². The van der Waals surface area contributed by atoms with Crippen LogP contribution in [0.25, 0.3) is 0 Å². The smallest absolute Gasteiger partial charge is 0.213 e. The molecule has 6 nitrogen and oxygen atoms in total. The van der Waals surface area contributed by atoms with Gasteiger partial charge in [-0.3, -0.25) is 0 Å². The Kier molecular flexibility index (Phi) is 5.62. The molecular formula is C12H26N2O4S2. The first-order valence-electron chi connectivity index (χ1n) is 6.87. The molecule has 0 aromatic rings. The first kappa shape index (κ1) is 17.9. The van der Waals surface area contributed by atoms with Crippen molar-refractivity contribution in [2.45, 2.75) is 45.7 Å². The predicted molar refractivity (Wildman–Crippen MR) is 80.4 cm³/mol. The standard InChI is InChI=1S/C12H26N2O4S2/c1-10(2)14-7-6-12(9-20(14,17)18)8-11(3)13(4)19(5,15)16/h10-12H,6-9H2,1-5H3. The SMILES string of the molecule is CC(CC1CCN(C(C)C)S(=O)(=O)C1)N(C)S(C)(=O)=O. The maximum Gasteiger partial charge on any atom is 0.214 e. The third-order valence-corrected chi connectivity index (χ3v) is 7.57. The van der Waals surface area contributed by atoms with Crippen LogP contribution in [-0.2, 0) is 20.0 Å². The van der Waals surface area contributed by atoms with E-state index in [0.717, 1.165) is 6.42 Å². The van der Waals surface area contributed by atoms with E-state index < -0.39 is 20.0 Å². The van der Waals surface area contributed by atoms with E-state index in [9.17, 15) is 16.8 Å². The van der Waals surface area contributed by atoms with Gasteiger partial charge in [-0.1, -0.05) is 0 Å². The molecule has 8 heteroatoms. The molecule has 120 valence electrons. The lowest BCUT2D eigenvalue weighted by Gasteiger charge is -2.35. The minimum absolute atomic E-state index is 0.0166. The van der Waals surface area contributed by atoms with Crippen LogP contribution in [-0.4, -0.2) is 63.1 Å². The zero-order valence-electron chi connectivity index (χ0n) is 12.9. The number of sulfonamides is 2. The Labute approximate surface area is 123 Å². The molecule has 0 amide bonds. The molecule has 0 radical (unpaired) electrons. The second-order valence-corrected chi connectivity index (χ2v) is 10.0. The Morgan fingerprint density at radius 3 is 2.25 bits per heavy atom. The normalized spacial score (nSPS) is 26.1. The summed E-state index contributed by atoms with van der Waals surface area (Å²) in [6.07, 6.45) is 2.54. The van der Waals surface area contributed by atoms with Crippen molar-refractivity contribution in [3.8, 4) is 0 Å². The van der Waals surface area contributed by atoms with Crippen LogP contribution < -0.4 is 0 Å². The Morgan fingerprint density at radius 1 is 1.30 bits per heavy atom. The molecule has 1 aliphatic heterocycles. The molecule has 1 heterocycles. The van der Waals surface area contributed by atoms with Crippen molar-refractivity contribution in [3.05, 3.63) is 0 Å². The molecule has 1 rings (SSSR count). The van der Waals surface area contributed by atoms with Gasteiger partial charge >= 0.3 is 0 Å². The van der Waals surface area contributed by atoms with Gasteiger partial charge in [0, 0.05) is 25.7 Å². The maximum atomic E-state index is 12.2. The van der Waals surface area contributed by atoms with Crippen molar-refractivity contribution in [1.29, 1.82) is 0 Å². The first-order chi connectivity index (χ1) is 8.95. The number of hydrogen-bond donors (Lipinski definition) is 0. The van der Waals surface area contributed by atoms with Crippen molar-refractivity contribution in [1.82, 2.24) is 8.61 Å². The lowest BCUT2D eigenvalue weighted by Crippen LogP contribution is -2.46. The molecular weight excluding hydrogens is 300 g/mol. The Bertz CT molecular complexity index is 528. The average Bonchev–Trinajstić information content (AvgIpc) is 2.24. The summed E-state index contributed by atoms with van der Waals surface area (Å²) >= 11 is 0. The fraction of sp³-hybridized carbons (Fsp3) is 1.00. The van der Waals surface area contributed by atoms with Crippen LogP contribution in [0.15, 0.2) is 0 Å².